The fourth-order valence-corrected chi connectivity index (χ4v) is 2.71. The molecule has 0 bridgehead atoms. The summed E-state index contributed by atoms with van der Waals surface area (Å²) in [5.41, 5.74) is 0.259. The third-order valence-corrected chi connectivity index (χ3v) is 4.02. The van der Waals surface area contributed by atoms with Gasteiger partial charge in [-0.15, -0.1) is 0 Å². The number of rotatable bonds is 6. The number of likely N-dealkylation sites (N-methyl/N-ethyl adjacent to an activating group) is 2. The van der Waals surface area contributed by atoms with Crippen molar-refractivity contribution in [1.82, 2.24) is 9.80 Å². The van der Waals surface area contributed by atoms with Crippen molar-refractivity contribution in [2.45, 2.75) is 18.9 Å². The molecule has 1 aromatic carbocycles. The van der Waals surface area contributed by atoms with E-state index < -0.39 is 5.97 Å². The van der Waals surface area contributed by atoms with Gasteiger partial charge in [-0.2, -0.15) is 0 Å². The molecule has 0 saturated carbocycles. The number of carbonyl (C=O) groups is 1. The molecule has 1 N–H and O–H groups in total. The highest BCUT2D eigenvalue weighted by Crippen LogP contribution is 2.15. The molecule has 2 rings (SSSR count). The van der Waals surface area contributed by atoms with E-state index >= 15 is 0 Å². The van der Waals surface area contributed by atoms with Crippen LogP contribution in [0.25, 0.3) is 0 Å². The minimum absolute atomic E-state index is 0.259. The Hall–Kier alpha value is -1.59. The summed E-state index contributed by atoms with van der Waals surface area (Å²) >= 11 is 0. The standard InChI is InChI=1S/C16H24N2O3/c1-17-8-4-6-14(12-17)18(2)9-10-21-15-7-3-5-13(11-15)16(19)20/h3,5,7,11,14H,4,6,8-10,12H2,1-2H3,(H,19,20). The Labute approximate surface area is 126 Å². The Bertz CT molecular complexity index is 478. The van der Waals surface area contributed by atoms with Crippen LogP contribution in [0.3, 0.4) is 0 Å². The summed E-state index contributed by atoms with van der Waals surface area (Å²) in [5, 5.41) is 8.95. The van der Waals surface area contributed by atoms with E-state index in [4.69, 9.17) is 9.84 Å². The minimum Gasteiger partial charge on any atom is -0.492 e. The van der Waals surface area contributed by atoms with E-state index in [0.717, 1.165) is 13.1 Å². The van der Waals surface area contributed by atoms with Crippen LogP contribution in [0.15, 0.2) is 24.3 Å². The number of nitrogens with zero attached hydrogens (tertiary/aromatic N) is 2. The van der Waals surface area contributed by atoms with Crippen molar-refractivity contribution >= 4 is 5.97 Å². The predicted octanol–water partition coefficient (Wildman–Crippen LogP) is 1.79. The number of ether oxygens (including phenoxy) is 1. The third kappa shape index (κ3) is 4.72. The van der Waals surface area contributed by atoms with Gasteiger partial charge in [-0.25, -0.2) is 4.79 Å². The molecule has 1 aromatic rings. The van der Waals surface area contributed by atoms with Crippen LogP contribution in [0.1, 0.15) is 23.2 Å². The summed E-state index contributed by atoms with van der Waals surface area (Å²) in [6.45, 7) is 3.70. The zero-order chi connectivity index (χ0) is 15.2. The second-order valence-electron chi connectivity index (χ2n) is 5.72. The molecule has 0 aliphatic carbocycles. The van der Waals surface area contributed by atoms with Gasteiger partial charge in [0.25, 0.3) is 0 Å². The monoisotopic (exact) mass is 292 g/mol. The maximum atomic E-state index is 10.9. The van der Waals surface area contributed by atoms with E-state index in [1.54, 1.807) is 24.3 Å². The lowest BCUT2D eigenvalue weighted by Gasteiger charge is -2.35. The molecule has 5 heteroatoms. The predicted molar refractivity (Wildman–Crippen MR) is 82.0 cm³/mol. The Balaban J connectivity index is 1.78. The Morgan fingerprint density at radius 3 is 3.05 bits per heavy atom. The minimum atomic E-state index is -0.928. The lowest BCUT2D eigenvalue weighted by atomic mass is 10.1. The van der Waals surface area contributed by atoms with Crippen molar-refractivity contribution in [3.05, 3.63) is 29.8 Å². The van der Waals surface area contributed by atoms with Gasteiger partial charge in [0.1, 0.15) is 12.4 Å². The molecule has 1 atom stereocenters. The molecule has 1 heterocycles. The van der Waals surface area contributed by atoms with Crippen LogP contribution >= 0.6 is 0 Å². The van der Waals surface area contributed by atoms with Crippen LogP contribution in [0.4, 0.5) is 0 Å². The molecule has 0 aromatic heterocycles. The van der Waals surface area contributed by atoms with Crippen LogP contribution in [-0.2, 0) is 0 Å². The van der Waals surface area contributed by atoms with Crippen LogP contribution in [-0.4, -0.2) is 67.3 Å². The summed E-state index contributed by atoms with van der Waals surface area (Å²) in [6, 6.07) is 7.22. The van der Waals surface area contributed by atoms with Crippen molar-refractivity contribution in [2.75, 3.05) is 40.3 Å². The molecule has 1 saturated heterocycles. The van der Waals surface area contributed by atoms with Gasteiger partial charge in [0.05, 0.1) is 5.56 Å². The SMILES string of the molecule is CN1CCCC(N(C)CCOc2cccc(C(=O)O)c2)C1. The van der Waals surface area contributed by atoms with Crippen molar-refractivity contribution < 1.29 is 14.6 Å². The topological polar surface area (TPSA) is 53.0 Å². The van der Waals surface area contributed by atoms with Crippen LogP contribution < -0.4 is 4.74 Å². The van der Waals surface area contributed by atoms with Crippen LogP contribution in [0.2, 0.25) is 0 Å². The largest absolute Gasteiger partial charge is 0.492 e. The summed E-state index contributed by atoms with van der Waals surface area (Å²) < 4.78 is 5.67. The molecule has 1 aliphatic rings. The van der Waals surface area contributed by atoms with E-state index in [-0.39, 0.29) is 5.56 Å². The smallest absolute Gasteiger partial charge is 0.335 e. The van der Waals surface area contributed by atoms with E-state index in [0.29, 0.717) is 18.4 Å². The summed E-state index contributed by atoms with van der Waals surface area (Å²) in [6.07, 6.45) is 2.47. The van der Waals surface area contributed by atoms with Gasteiger partial charge in [0, 0.05) is 19.1 Å². The van der Waals surface area contributed by atoms with Crippen LogP contribution in [0.5, 0.6) is 5.75 Å². The highest BCUT2D eigenvalue weighted by Gasteiger charge is 2.20. The number of hydrogen-bond acceptors (Lipinski definition) is 4. The van der Waals surface area contributed by atoms with Crippen molar-refractivity contribution in [3.8, 4) is 5.75 Å². The molecular formula is C16H24N2O3. The molecule has 0 radical (unpaired) electrons. The van der Waals surface area contributed by atoms with Gasteiger partial charge in [-0.3, -0.25) is 4.90 Å². The molecule has 5 nitrogen and oxygen atoms in total. The lowest BCUT2D eigenvalue weighted by Crippen LogP contribution is -2.46. The average molecular weight is 292 g/mol. The number of likely N-dealkylation sites (tertiary alicyclic amines) is 1. The van der Waals surface area contributed by atoms with Gasteiger partial charge < -0.3 is 14.7 Å². The number of carboxylic acid groups (broad SMARTS) is 1. The van der Waals surface area contributed by atoms with E-state index in [1.807, 2.05) is 0 Å². The van der Waals surface area contributed by atoms with Gasteiger partial charge >= 0.3 is 5.97 Å². The highest BCUT2D eigenvalue weighted by atomic mass is 16.5. The molecule has 1 aliphatic heterocycles. The Morgan fingerprint density at radius 2 is 2.33 bits per heavy atom. The molecule has 0 amide bonds. The van der Waals surface area contributed by atoms with E-state index in [2.05, 4.69) is 23.9 Å². The fourth-order valence-electron chi connectivity index (χ4n) is 2.71. The molecule has 1 fully saturated rings. The number of hydrogen-bond donors (Lipinski definition) is 1. The van der Waals surface area contributed by atoms with Crippen molar-refractivity contribution in [3.63, 3.8) is 0 Å². The van der Waals surface area contributed by atoms with Gasteiger partial charge in [-0.1, -0.05) is 6.07 Å². The van der Waals surface area contributed by atoms with E-state index in [1.165, 1.54) is 19.4 Å². The Kier molecular flexibility index (Phi) is 5.59. The quantitative estimate of drug-likeness (QED) is 0.866. The zero-order valence-electron chi connectivity index (χ0n) is 12.8. The fraction of sp³-hybridized carbons (Fsp3) is 0.562. The average Bonchev–Trinajstić information content (AvgIpc) is 2.47. The molecule has 0 spiro atoms. The first-order valence-electron chi connectivity index (χ1n) is 7.41. The third-order valence-electron chi connectivity index (χ3n) is 4.02. The van der Waals surface area contributed by atoms with Gasteiger partial charge in [0.2, 0.25) is 0 Å². The van der Waals surface area contributed by atoms with Crippen molar-refractivity contribution in [2.24, 2.45) is 0 Å². The summed E-state index contributed by atoms with van der Waals surface area (Å²) in [7, 11) is 4.29. The Morgan fingerprint density at radius 1 is 1.52 bits per heavy atom. The maximum Gasteiger partial charge on any atom is 0.335 e. The van der Waals surface area contributed by atoms with Gasteiger partial charge in [-0.05, 0) is 51.7 Å². The second-order valence-corrected chi connectivity index (χ2v) is 5.72. The molecule has 116 valence electrons. The molecule has 21 heavy (non-hydrogen) atoms. The normalized spacial score (nSPS) is 19.7. The zero-order valence-corrected chi connectivity index (χ0v) is 12.8. The number of benzene rings is 1. The lowest BCUT2D eigenvalue weighted by molar-refractivity contribution is 0.0696. The number of carboxylic acids is 1. The summed E-state index contributed by atoms with van der Waals surface area (Å²) in [4.78, 5) is 15.6. The van der Waals surface area contributed by atoms with E-state index in [9.17, 15) is 4.79 Å². The molecular weight excluding hydrogens is 268 g/mol. The number of piperidine rings is 1. The number of aromatic carboxylic acids is 1. The highest BCUT2D eigenvalue weighted by molar-refractivity contribution is 5.87. The first-order valence-corrected chi connectivity index (χ1v) is 7.41. The maximum absolute atomic E-state index is 10.9. The summed E-state index contributed by atoms with van der Waals surface area (Å²) in [5.74, 6) is -0.313. The first-order chi connectivity index (χ1) is 10.1. The molecule has 1 unspecified atom stereocenters. The first kappa shape index (κ1) is 15.8. The second kappa shape index (κ2) is 7.43. The van der Waals surface area contributed by atoms with Crippen molar-refractivity contribution in [1.29, 1.82) is 0 Å². The van der Waals surface area contributed by atoms with Gasteiger partial charge in [0.15, 0.2) is 0 Å². The van der Waals surface area contributed by atoms with Crippen LogP contribution in [0, 0.1) is 0 Å².